The monoisotopic (exact) mass is 549 g/mol. The summed E-state index contributed by atoms with van der Waals surface area (Å²) in [6.45, 7) is 1.89. The Kier molecular flexibility index (Phi) is 7.65. The van der Waals surface area contributed by atoms with Gasteiger partial charge in [-0.05, 0) is 92.8 Å². The van der Waals surface area contributed by atoms with Crippen molar-refractivity contribution in [2.24, 2.45) is 5.92 Å². The zero-order valence-electron chi connectivity index (χ0n) is 21.3. The second kappa shape index (κ2) is 10.8. The van der Waals surface area contributed by atoms with Crippen molar-refractivity contribution in [3.8, 4) is 0 Å². The largest absolute Gasteiger partial charge is 0.478 e. The Morgan fingerprint density at radius 2 is 1.85 bits per heavy atom. The van der Waals surface area contributed by atoms with E-state index in [9.17, 15) is 32.3 Å². The summed E-state index contributed by atoms with van der Waals surface area (Å²) in [4.78, 5) is 30.6. The number of piperidine rings is 1. The fourth-order valence-electron chi connectivity index (χ4n) is 5.94. The number of carboxylic acid groups (broad SMARTS) is 1. The number of pyridine rings is 1. The summed E-state index contributed by atoms with van der Waals surface area (Å²) >= 11 is 0. The Morgan fingerprint density at radius 1 is 1.10 bits per heavy atom. The molecule has 3 aliphatic rings. The third kappa shape index (κ3) is 5.94. The lowest BCUT2D eigenvalue weighted by molar-refractivity contribution is -0.165. The fraction of sp³-hybridized carbons (Fsp3) is 0.536. The van der Waals surface area contributed by atoms with Crippen LogP contribution in [0.5, 0.6) is 0 Å². The Balaban J connectivity index is 1.16. The lowest BCUT2D eigenvalue weighted by atomic mass is 9.84. The zero-order chi connectivity index (χ0) is 27.8. The maximum atomic E-state index is 13.8. The van der Waals surface area contributed by atoms with E-state index >= 15 is 0 Å². The number of nitrogens with zero attached hydrogens (tertiary/aromatic N) is 2. The highest BCUT2D eigenvalue weighted by atomic mass is 19.4. The molecule has 3 heterocycles. The lowest BCUT2D eigenvalue weighted by Crippen LogP contribution is -2.57. The molecule has 3 fully saturated rings. The average Bonchev–Trinajstić information content (AvgIpc) is 3.78. The first-order chi connectivity index (χ1) is 18.6. The predicted molar refractivity (Wildman–Crippen MR) is 132 cm³/mol. The number of halogens is 4. The number of rotatable bonds is 7. The molecule has 2 saturated heterocycles. The van der Waals surface area contributed by atoms with Gasteiger partial charge in [0.1, 0.15) is 11.4 Å². The number of hydrogen-bond donors (Lipinski definition) is 2. The minimum absolute atomic E-state index is 0.0580. The van der Waals surface area contributed by atoms with Gasteiger partial charge >= 0.3 is 12.1 Å². The molecular formula is C28H31F4N3O4. The van der Waals surface area contributed by atoms with Crippen LogP contribution in [-0.4, -0.2) is 58.2 Å². The highest BCUT2D eigenvalue weighted by Gasteiger charge is 2.54. The summed E-state index contributed by atoms with van der Waals surface area (Å²) in [5, 5.41) is 12.0. The van der Waals surface area contributed by atoms with Crippen LogP contribution in [0.2, 0.25) is 0 Å². The van der Waals surface area contributed by atoms with E-state index in [2.05, 4.69) is 15.2 Å². The second-order valence-corrected chi connectivity index (χ2v) is 10.8. The molecule has 0 spiro atoms. The first-order valence-corrected chi connectivity index (χ1v) is 13.3. The van der Waals surface area contributed by atoms with Crippen molar-refractivity contribution >= 4 is 11.9 Å². The molecule has 39 heavy (non-hydrogen) atoms. The summed E-state index contributed by atoms with van der Waals surface area (Å²) < 4.78 is 59.1. The Labute approximate surface area is 223 Å². The van der Waals surface area contributed by atoms with Crippen molar-refractivity contribution < 1.29 is 37.0 Å². The molecule has 2 N–H and O–H groups in total. The Morgan fingerprint density at radius 3 is 2.46 bits per heavy atom. The molecule has 2 aromatic rings. The van der Waals surface area contributed by atoms with E-state index in [-0.39, 0.29) is 41.5 Å². The molecular weight excluding hydrogens is 518 g/mol. The molecule has 0 unspecified atom stereocenters. The average molecular weight is 550 g/mol. The van der Waals surface area contributed by atoms with Gasteiger partial charge in [0.25, 0.3) is 5.91 Å². The Hall–Kier alpha value is -3.05. The predicted octanol–water partition coefficient (Wildman–Crippen LogP) is 4.76. The van der Waals surface area contributed by atoms with Gasteiger partial charge in [0, 0.05) is 25.0 Å². The molecule has 1 aromatic heterocycles. The molecule has 0 bridgehead atoms. The van der Waals surface area contributed by atoms with Crippen LogP contribution < -0.4 is 5.32 Å². The van der Waals surface area contributed by atoms with Crippen LogP contribution in [0.1, 0.15) is 71.5 Å². The molecule has 0 radical (unpaired) electrons. The lowest BCUT2D eigenvalue weighted by Gasteiger charge is -2.45. The third-order valence-corrected chi connectivity index (χ3v) is 8.32. The highest BCUT2D eigenvalue weighted by Crippen LogP contribution is 2.47. The van der Waals surface area contributed by atoms with Crippen molar-refractivity contribution in [1.29, 1.82) is 0 Å². The minimum atomic E-state index is -4.50. The van der Waals surface area contributed by atoms with Crippen LogP contribution in [0, 0.1) is 11.7 Å². The van der Waals surface area contributed by atoms with Crippen molar-refractivity contribution in [3.63, 3.8) is 0 Å². The van der Waals surface area contributed by atoms with Crippen LogP contribution in [0.3, 0.4) is 0 Å². The number of carboxylic acids is 1. The van der Waals surface area contributed by atoms with Gasteiger partial charge in [-0.25, -0.2) is 9.18 Å². The van der Waals surface area contributed by atoms with Crippen molar-refractivity contribution in [2.75, 3.05) is 19.7 Å². The SMILES string of the molecule is O=C(O)c1cc(C2CCN([C@@H]3CC[C@@](C(=O)NCc4cncc(C(F)(F)F)c4)(C4CC4)OC3)CC2)ccc1F. The molecule has 5 rings (SSSR count). The van der Waals surface area contributed by atoms with Gasteiger partial charge in [0.2, 0.25) is 0 Å². The number of hydrogen-bond acceptors (Lipinski definition) is 5. The summed E-state index contributed by atoms with van der Waals surface area (Å²) in [5.74, 6) is -2.06. The maximum Gasteiger partial charge on any atom is 0.417 e. The van der Waals surface area contributed by atoms with Crippen molar-refractivity contribution in [2.45, 2.75) is 68.8 Å². The number of likely N-dealkylation sites (tertiary alicyclic amines) is 1. The van der Waals surface area contributed by atoms with Crippen LogP contribution in [0.25, 0.3) is 0 Å². The van der Waals surface area contributed by atoms with Gasteiger partial charge in [-0.3, -0.25) is 14.7 Å². The number of carbonyl (C=O) groups excluding carboxylic acids is 1. The number of carbonyl (C=O) groups is 2. The summed E-state index contributed by atoms with van der Waals surface area (Å²) in [7, 11) is 0. The number of benzene rings is 1. The smallest absolute Gasteiger partial charge is 0.417 e. The molecule has 1 aromatic carbocycles. The summed E-state index contributed by atoms with van der Waals surface area (Å²) in [5.41, 5.74) is -1.03. The van der Waals surface area contributed by atoms with Crippen LogP contribution >= 0.6 is 0 Å². The standard InChI is InChI=1S/C28H31F4N3O4/c29-24-4-1-19(12-23(24)25(36)37)18-6-9-35(10-7-18)22-5-8-27(39-16-22,20-2-3-20)26(38)34-14-17-11-21(15-33-13-17)28(30,31)32/h1,4,11-13,15,18,20,22H,2-3,5-10,14,16H2,(H,34,38)(H,36,37)/t22-,27+/m1/s1. The van der Waals surface area contributed by atoms with Crippen molar-refractivity contribution in [1.82, 2.24) is 15.2 Å². The molecule has 7 nitrogen and oxygen atoms in total. The quantitative estimate of drug-likeness (QED) is 0.484. The molecule has 1 saturated carbocycles. The van der Waals surface area contributed by atoms with Gasteiger partial charge in [-0.15, -0.1) is 0 Å². The van der Waals surface area contributed by atoms with Crippen molar-refractivity contribution in [3.05, 3.63) is 64.7 Å². The van der Waals surface area contributed by atoms with E-state index in [1.165, 1.54) is 18.3 Å². The number of aromatic nitrogens is 1. The van der Waals surface area contributed by atoms with Gasteiger partial charge in [0.05, 0.1) is 17.7 Å². The van der Waals surface area contributed by atoms with E-state index in [0.717, 1.165) is 63.0 Å². The number of amides is 1. The molecule has 2 atom stereocenters. The normalized spacial score (nSPS) is 24.9. The molecule has 2 aliphatic heterocycles. The van der Waals surface area contributed by atoms with E-state index in [0.29, 0.717) is 13.0 Å². The number of nitrogens with one attached hydrogen (secondary N) is 1. The van der Waals surface area contributed by atoms with E-state index in [1.54, 1.807) is 6.07 Å². The zero-order valence-corrected chi connectivity index (χ0v) is 21.3. The topological polar surface area (TPSA) is 91.8 Å². The number of ether oxygens (including phenoxy) is 1. The van der Waals surface area contributed by atoms with Crippen LogP contribution in [-0.2, 0) is 22.3 Å². The van der Waals surface area contributed by atoms with E-state index < -0.39 is 29.1 Å². The van der Waals surface area contributed by atoms with Gasteiger partial charge < -0.3 is 15.2 Å². The third-order valence-electron chi connectivity index (χ3n) is 8.32. The summed E-state index contributed by atoms with van der Waals surface area (Å²) in [6, 6.07) is 5.43. The van der Waals surface area contributed by atoms with Gasteiger partial charge in [-0.1, -0.05) is 6.07 Å². The second-order valence-electron chi connectivity index (χ2n) is 10.8. The van der Waals surface area contributed by atoms with Gasteiger partial charge in [-0.2, -0.15) is 13.2 Å². The van der Waals surface area contributed by atoms with E-state index in [4.69, 9.17) is 4.74 Å². The van der Waals surface area contributed by atoms with Crippen LogP contribution in [0.4, 0.5) is 17.6 Å². The molecule has 1 amide bonds. The number of aromatic carboxylic acids is 1. The first-order valence-electron chi connectivity index (χ1n) is 13.3. The van der Waals surface area contributed by atoms with Crippen LogP contribution in [0.15, 0.2) is 36.7 Å². The number of alkyl halides is 3. The molecule has 11 heteroatoms. The van der Waals surface area contributed by atoms with Gasteiger partial charge in [0.15, 0.2) is 0 Å². The highest BCUT2D eigenvalue weighted by molar-refractivity contribution is 5.88. The first kappa shape index (κ1) is 27.5. The maximum absolute atomic E-state index is 13.8. The Bertz CT molecular complexity index is 1220. The molecule has 210 valence electrons. The summed E-state index contributed by atoms with van der Waals surface area (Å²) in [6.07, 6.45) is 2.25. The van der Waals surface area contributed by atoms with E-state index in [1.807, 2.05) is 0 Å². The fourth-order valence-corrected chi connectivity index (χ4v) is 5.94. The minimum Gasteiger partial charge on any atom is -0.478 e. The molecule has 1 aliphatic carbocycles.